The van der Waals surface area contributed by atoms with Crippen LogP contribution < -0.4 is 9.64 Å². The predicted octanol–water partition coefficient (Wildman–Crippen LogP) is 6.60. The lowest BCUT2D eigenvalue weighted by atomic mass is 9.90. The van der Waals surface area contributed by atoms with Gasteiger partial charge in [-0.05, 0) is 31.6 Å². The van der Waals surface area contributed by atoms with Crippen LogP contribution in [0.2, 0.25) is 0 Å². The Morgan fingerprint density at radius 2 is 1.97 bits per heavy atom. The highest BCUT2D eigenvalue weighted by Crippen LogP contribution is 2.60. The standard InChI is InChI=1S/C23H33F3N2O5S2/c1-4-5-6-16-13-28(15-7-9-23(25,26)10-8-15)18-11-20(34-3)19(33-14-17(24)22(29)30)12-21(18)35(31,32)27(16)2/h11-12,14-16,31-32H,4-10,13H2,1-3H3,(H,29,30)/b17-14-. The Kier molecular flexibility index (Phi) is 8.96. The molecule has 0 spiro atoms. The third-order valence-corrected chi connectivity index (χ3v) is 9.46. The fraction of sp³-hybridized carbons (Fsp3) is 0.609. The Hall–Kier alpha value is -1.60. The van der Waals surface area contributed by atoms with E-state index in [0.29, 0.717) is 29.8 Å². The van der Waals surface area contributed by atoms with Crippen LogP contribution >= 0.6 is 22.5 Å². The fourth-order valence-corrected chi connectivity index (χ4v) is 6.75. The van der Waals surface area contributed by atoms with Crippen LogP contribution in [-0.2, 0) is 4.79 Å². The summed E-state index contributed by atoms with van der Waals surface area (Å²) in [6.07, 6.45) is 4.77. The lowest BCUT2D eigenvalue weighted by molar-refractivity contribution is -0.134. The summed E-state index contributed by atoms with van der Waals surface area (Å²) in [4.78, 5) is 13.5. The van der Waals surface area contributed by atoms with Crippen LogP contribution in [0.1, 0.15) is 51.9 Å². The number of likely N-dealkylation sites (N-methyl/N-ethyl adjacent to an activating group) is 1. The van der Waals surface area contributed by atoms with Crippen LogP contribution in [0.15, 0.2) is 34.0 Å². The van der Waals surface area contributed by atoms with Crippen molar-refractivity contribution in [2.24, 2.45) is 0 Å². The summed E-state index contributed by atoms with van der Waals surface area (Å²) < 4.78 is 71.0. The van der Waals surface area contributed by atoms with Crippen LogP contribution in [0.25, 0.3) is 0 Å². The fourth-order valence-electron chi connectivity index (χ4n) is 4.59. The quantitative estimate of drug-likeness (QED) is 0.194. The number of carbonyl (C=O) groups is 1. The molecular weight excluding hydrogens is 505 g/mol. The second-order valence-electron chi connectivity index (χ2n) is 8.96. The van der Waals surface area contributed by atoms with Gasteiger partial charge in [-0.15, -0.1) is 22.5 Å². The van der Waals surface area contributed by atoms with Gasteiger partial charge in [-0.2, -0.15) is 4.39 Å². The second-order valence-corrected chi connectivity index (χ2v) is 11.9. The van der Waals surface area contributed by atoms with Crippen molar-refractivity contribution in [3.05, 3.63) is 24.2 Å². The largest absolute Gasteiger partial charge is 0.476 e. The third kappa shape index (κ3) is 6.22. The number of carboxylic acid groups (broad SMARTS) is 1. The molecule has 0 aromatic heterocycles. The van der Waals surface area contributed by atoms with E-state index in [1.165, 1.54) is 22.1 Å². The molecule has 0 amide bonds. The lowest BCUT2D eigenvalue weighted by Gasteiger charge is -2.43. The average molecular weight is 539 g/mol. The highest BCUT2D eigenvalue weighted by atomic mass is 32.3. The number of ether oxygens (including phenoxy) is 1. The molecule has 0 saturated heterocycles. The van der Waals surface area contributed by atoms with Gasteiger partial charge in [0.2, 0.25) is 11.7 Å². The number of thioether (sulfide) groups is 1. The zero-order chi connectivity index (χ0) is 26.0. The van der Waals surface area contributed by atoms with E-state index in [9.17, 15) is 27.1 Å². The molecule has 2 aliphatic rings. The number of fused-ring (bicyclic) bond motifs is 1. The number of nitrogens with zero attached hydrogens (tertiary/aromatic N) is 2. The molecule has 1 heterocycles. The minimum absolute atomic E-state index is 0.0724. The van der Waals surface area contributed by atoms with Crippen LogP contribution in [0.3, 0.4) is 0 Å². The number of alkyl halides is 2. The van der Waals surface area contributed by atoms with Gasteiger partial charge in [-0.25, -0.2) is 17.9 Å². The molecule has 1 aliphatic heterocycles. The smallest absolute Gasteiger partial charge is 0.368 e. The number of aliphatic carboxylic acids is 1. The van der Waals surface area contributed by atoms with E-state index in [2.05, 4.69) is 0 Å². The van der Waals surface area contributed by atoms with E-state index >= 15 is 0 Å². The third-order valence-electron chi connectivity index (χ3n) is 6.68. The monoisotopic (exact) mass is 538 g/mol. The first-order chi connectivity index (χ1) is 16.4. The summed E-state index contributed by atoms with van der Waals surface area (Å²) in [5.74, 6) is -5.91. The average Bonchev–Trinajstić information content (AvgIpc) is 2.89. The Balaban J connectivity index is 2.11. The predicted molar refractivity (Wildman–Crippen MR) is 132 cm³/mol. The zero-order valence-corrected chi connectivity index (χ0v) is 21.7. The van der Waals surface area contributed by atoms with Crippen molar-refractivity contribution < 1.29 is 36.9 Å². The molecule has 1 aliphatic carbocycles. The van der Waals surface area contributed by atoms with Crippen molar-refractivity contribution in [3.63, 3.8) is 0 Å². The molecule has 1 saturated carbocycles. The van der Waals surface area contributed by atoms with Gasteiger partial charge in [0, 0.05) is 44.6 Å². The van der Waals surface area contributed by atoms with E-state index in [0.717, 1.165) is 12.8 Å². The SMILES string of the molecule is CCCCC1CN(C2CCC(F)(F)CC2)c2cc(SC)c(O/C=C(\F)C(=O)O)cc2S(O)(O)N1C. The van der Waals surface area contributed by atoms with Crippen molar-refractivity contribution in [1.29, 1.82) is 0 Å². The number of anilines is 1. The normalized spacial score (nSPS) is 23.9. The van der Waals surface area contributed by atoms with E-state index in [-0.39, 0.29) is 48.4 Å². The molecule has 12 heteroatoms. The van der Waals surface area contributed by atoms with Gasteiger partial charge in [0.05, 0.1) is 10.6 Å². The van der Waals surface area contributed by atoms with E-state index in [1.54, 1.807) is 19.4 Å². The van der Waals surface area contributed by atoms with Gasteiger partial charge in [-0.1, -0.05) is 19.8 Å². The van der Waals surface area contributed by atoms with Gasteiger partial charge >= 0.3 is 5.97 Å². The maximum Gasteiger partial charge on any atom is 0.368 e. The Bertz CT molecular complexity index is 953. The number of halogens is 3. The Labute approximate surface area is 209 Å². The molecule has 1 aromatic rings. The van der Waals surface area contributed by atoms with Crippen molar-refractivity contribution in [2.75, 3.05) is 24.7 Å². The zero-order valence-electron chi connectivity index (χ0n) is 20.0. The first-order valence-electron chi connectivity index (χ1n) is 11.5. The summed E-state index contributed by atoms with van der Waals surface area (Å²) in [6, 6.07) is 2.65. The van der Waals surface area contributed by atoms with Crippen LogP contribution in [0.5, 0.6) is 5.75 Å². The summed E-state index contributed by atoms with van der Waals surface area (Å²) >= 11 is 1.26. The maximum atomic E-state index is 13.9. The minimum Gasteiger partial charge on any atom is -0.476 e. The molecule has 3 N–H and O–H groups in total. The lowest BCUT2D eigenvalue weighted by Crippen LogP contribution is -2.46. The number of unbranched alkanes of at least 4 members (excludes halogenated alkanes) is 1. The molecule has 1 fully saturated rings. The molecule has 35 heavy (non-hydrogen) atoms. The minimum atomic E-state index is -3.51. The van der Waals surface area contributed by atoms with Crippen molar-refractivity contribution in [2.45, 2.75) is 79.7 Å². The van der Waals surface area contributed by atoms with Crippen LogP contribution in [0, 0.1) is 0 Å². The number of hydrogen-bond donors (Lipinski definition) is 3. The van der Waals surface area contributed by atoms with Gasteiger partial charge < -0.3 is 14.7 Å². The molecule has 1 aromatic carbocycles. The summed E-state index contributed by atoms with van der Waals surface area (Å²) in [5, 5.41) is 8.78. The van der Waals surface area contributed by atoms with Gasteiger partial charge in [0.15, 0.2) is 0 Å². The van der Waals surface area contributed by atoms with Gasteiger partial charge in [0.25, 0.3) is 0 Å². The molecule has 1 unspecified atom stereocenters. The van der Waals surface area contributed by atoms with Gasteiger partial charge in [-0.3, -0.25) is 9.11 Å². The molecule has 7 nitrogen and oxygen atoms in total. The van der Waals surface area contributed by atoms with Crippen molar-refractivity contribution >= 4 is 34.2 Å². The molecule has 0 radical (unpaired) electrons. The topological polar surface area (TPSA) is 93.5 Å². The molecule has 1 atom stereocenters. The second kappa shape index (κ2) is 11.2. The summed E-state index contributed by atoms with van der Waals surface area (Å²) in [6.45, 7) is 2.49. The molecule has 3 rings (SSSR count). The number of benzene rings is 1. The van der Waals surface area contributed by atoms with Crippen LogP contribution in [0.4, 0.5) is 18.9 Å². The van der Waals surface area contributed by atoms with E-state index < -0.39 is 28.5 Å². The number of rotatable bonds is 8. The molecule has 198 valence electrons. The summed E-state index contributed by atoms with van der Waals surface area (Å²) in [5.41, 5.74) is 0.519. The van der Waals surface area contributed by atoms with Crippen molar-refractivity contribution in [3.8, 4) is 5.75 Å². The van der Waals surface area contributed by atoms with Crippen LogP contribution in [-0.4, -0.2) is 62.3 Å². The first kappa shape index (κ1) is 28.0. The number of carboxylic acids is 1. The first-order valence-corrected chi connectivity index (χ1v) is 14.3. The maximum absolute atomic E-state index is 13.9. The molecule has 0 bridgehead atoms. The number of hydrogen-bond acceptors (Lipinski definition) is 7. The Morgan fingerprint density at radius 3 is 2.54 bits per heavy atom. The summed E-state index contributed by atoms with van der Waals surface area (Å²) in [7, 11) is -1.88. The van der Waals surface area contributed by atoms with Crippen molar-refractivity contribution in [1.82, 2.24) is 4.31 Å². The Morgan fingerprint density at radius 1 is 1.31 bits per heavy atom. The van der Waals surface area contributed by atoms with Gasteiger partial charge in [0.1, 0.15) is 16.9 Å². The highest BCUT2D eigenvalue weighted by Gasteiger charge is 2.42. The van der Waals surface area contributed by atoms with E-state index in [4.69, 9.17) is 9.84 Å². The molecular formula is C23H33F3N2O5S2. The van der Waals surface area contributed by atoms with E-state index in [1.807, 2.05) is 11.8 Å². The highest BCUT2D eigenvalue weighted by molar-refractivity contribution is 8.22.